The monoisotopic (exact) mass is 374 g/mol. The van der Waals surface area contributed by atoms with Crippen LogP contribution in [0.3, 0.4) is 0 Å². The van der Waals surface area contributed by atoms with Crippen LogP contribution in [0, 0.1) is 13.8 Å². The zero-order chi connectivity index (χ0) is 20.1. The number of pyridine rings is 1. The molecule has 0 bridgehead atoms. The molecule has 6 heteroatoms. The highest BCUT2D eigenvalue weighted by atomic mass is 16.2. The highest BCUT2D eigenvalue weighted by Gasteiger charge is 2.09. The van der Waals surface area contributed by atoms with Crippen LogP contribution in [0.25, 0.3) is 0 Å². The summed E-state index contributed by atoms with van der Waals surface area (Å²) in [6.45, 7) is 5.53. The van der Waals surface area contributed by atoms with Gasteiger partial charge in [-0.15, -0.1) is 0 Å². The molecule has 2 aromatic carbocycles. The number of nitrogens with zero attached hydrogens (tertiary/aromatic N) is 1. The third-order valence-electron chi connectivity index (χ3n) is 4.32. The van der Waals surface area contributed by atoms with Crippen LogP contribution in [0.4, 0.5) is 22.7 Å². The smallest absolute Gasteiger partial charge is 0.257 e. The molecular weight excluding hydrogens is 352 g/mol. The molecule has 2 amide bonds. The van der Waals surface area contributed by atoms with Crippen LogP contribution in [0.5, 0.6) is 0 Å². The van der Waals surface area contributed by atoms with Crippen molar-refractivity contribution in [3.05, 3.63) is 77.6 Å². The van der Waals surface area contributed by atoms with E-state index in [1.54, 1.807) is 36.5 Å². The molecule has 1 heterocycles. The van der Waals surface area contributed by atoms with Crippen LogP contribution in [0.15, 0.2) is 60.9 Å². The van der Waals surface area contributed by atoms with Crippen molar-refractivity contribution in [2.75, 3.05) is 16.0 Å². The van der Waals surface area contributed by atoms with Crippen LogP contribution in [-0.2, 0) is 4.79 Å². The molecule has 28 heavy (non-hydrogen) atoms. The molecule has 0 saturated heterocycles. The number of carbonyl (C=O) groups is 2. The largest absolute Gasteiger partial charge is 0.354 e. The average Bonchev–Trinajstić information content (AvgIpc) is 2.65. The second-order valence-electron chi connectivity index (χ2n) is 6.55. The number of aromatic nitrogens is 1. The second kappa shape index (κ2) is 8.35. The number of hydrogen-bond donors (Lipinski definition) is 3. The summed E-state index contributed by atoms with van der Waals surface area (Å²) in [5.74, 6) is -0.449. The highest BCUT2D eigenvalue weighted by molar-refractivity contribution is 6.05. The van der Waals surface area contributed by atoms with Gasteiger partial charge in [0.15, 0.2) is 0 Å². The molecule has 6 nitrogen and oxygen atoms in total. The zero-order valence-electron chi connectivity index (χ0n) is 16.0. The number of benzene rings is 2. The van der Waals surface area contributed by atoms with E-state index in [1.165, 1.54) is 18.7 Å². The lowest BCUT2D eigenvalue weighted by molar-refractivity contribution is -0.114. The maximum atomic E-state index is 12.6. The summed E-state index contributed by atoms with van der Waals surface area (Å²) in [4.78, 5) is 28.0. The van der Waals surface area contributed by atoms with E-state index in [0.717, 1.165) is 16.9 Å². The minimum Gasteiger partial charge on any atom is -0.354 e. The molecule has 3 rings (SSSR count). The van der Waals surface area contributed by atoms with Gasteiger partial charge >= 0.3 is 0 Å². The summed E-state index contributed by atoms with van der Waals surface area (Å²) in [6.07, 6.45) is 3.19. The number of aryl methyl sites for hydroxylation is 1. The van der Waals surface area contributed by atoms with Gasteiger partial charge in [-0.25, -0.2) is 0 Å². The SMILES string of the molecule is CC(=O)Nc1cccc(NC(=O)c2cncc(Nc3cccc(C)c3C)c2)c1. The van der Waals surface area contributed by atoms with E-state index in [1.807, 2.05) is 19.1 Å². The molecule has 3 aromatic rings. The van der Waals surface area contributed by atoms with Crippen molar-refractivity contribution in [1.29, 1.82) is 0 Å². The van der Waals surface area contributed by atoms with Gasteiger partial charge < -0.3 is 16.0 Å². The topological polar surface area (TPSA) is 83.1 Å². The lowest BCUT2D eigenvalue weighted by atomic mass is 10.1. The molecule has 0 spiro atoms. The first-order chi connectivity index (χ1) is 13.4. The molecule has 0 saturated carbocycles. The van der Waals surface area contributed by atoms with Gasteiger partial charge in [-0.3, -0.25) is 14.6 Å². The predicted molar refractivity (Wildman–Crippen MR) is 112 cm³/mol. The fraction of sp³-hybridized carbons (Fsp3) is 0.136. The van der Waals surface area contributed by atoms with Gasteiger partial charge in [-0.1, -0.05) is 18.2 Å². The molecule has 0 radical (unpaired) electrons. The lowest BCUT2D eigenvalue weighted by Gasteiger charge is -2.12. The van der Waals surface area contributed by atoms with Gasteiger partial charge in [0.05, 0.1) is 17.4 Å². The van der Waals surface area contributed by atoms with Crippen molar-refractivity contribution in [3.63, 3.8) is 0 Å². The molecule has 142 valence electrons. The Morgan fingerprint density at radius 3 is 2.32 bits per heavy atom. The third-order valence-corrected chi connectivity index (χ3v) is 4.32. The van der Waals surface area contributed by atoms with E-state index >= 15 is 0 Å². The Morgan fingerprint density at radius 2 is 1.57 bits per heavy atom. The molecule has 3 N–H and O–H groups in total. The molecule has 0 unspecified atom stereocenters. The summed E-state index contributed by atoms with van der Waals surface area (Å²) in [7, 11) is 0. The Hall–Kier alpha value is -3.67. The van der Waals surface area contributed by atoms with Crippen molar-refractivity contribution in [2.45, 2.75) is 20.8 Å². The van der Waals surface area contributed by atoms with Gasteiger partial charge in [0.1, 0.15) is 0 Å². The fourth-order valence-corrected chi connectivity index (χ4v) is 2.76. The van der Waals surface area contributed by atoms with Crippen molar-refractivity contribution in [2.24, 2.45) is 0 Å². The van der Waals surface area contributed by atoms with E-state index in [9.17, 15) is 9.59 Å². The van der Waals surface area contributed by atoms with E-state index in [0.29, 0.717) is 16.9 Å². The Bertz CT molecular complexity index is 1030. The summed E-state index contributed by atoms with van der Waals surface area (Å²) in [6, 6.07) is 14.8. The summed E-state index contributed by atoms with van der Waals surface area (Å²) < 4.78 is 0. The van der Waals surface area contributed by atoms with Gasteiger partial charge in [0, 0.05) is 30.2 Å². The number of carbonyl (C=O) groups excluding carboxylic acids is 2. The Morgan fingerprint density at radius 1 is 0.857 bits per heavy atom. The number of rotatable bonds is 5. The lowest BCUT2D eigenvalue weighted by Crippen LogP contribution is -2.13. The molecule has 0 aliphatic heterocycles. The first-order valence-corrected chi connectivity index (χ1v) is 8.89. The van der Waals surface area contributed by atoms with E-state index < -0.39 is 0 Å². The van der Waals surface area contributed by atoms with Crippen LogP contribution < -0.4 is 16.0 Å². The predicted octanol–water partition coefficient (Wildman–Crippen LogP) is 4.65. The molecule has 0 atom stereocenters. The Labute approximate surface area is 164 Å². The van der Waals surface area contributed by atoms with Gasteiger partial charge in [0.25, 0.3) is 5.91 Å². The van der Waals surface area contributed by atoms with E-state index in [4.69, 9.17) is 0 Å². The molecule has 0 fully saturated rings. The van der Waals surface area contributed by atoms with E-state index in [2.05, 4.69) is 33.9 Å². The molecule has 0 aliphatic carbocycles. The fourth-order valence-electron chi connectivity index (χ4n) is 2.76. The zero-order valence-corrected chi connectivity index (χ0v) is 16.0. The van der Waals surface area contributed by atoms with Crippen LogP contribution in [0.1, 0.15) is 28.4 Å². The van der Waals surface area contributed by atoms with E-state index in [-0.39, 0.29) is 11.8 Å². The summed E-state index contributed by atoms with van der Waals surface area (Å²) in [5, 5.41) is 8.83. The van der Waals surface area contributed by atoms with Gasteiger partial charge in [-0.05, 0) is 55.3 Å². The average molecular weight is 374 g/mol. The second-order valence-corrected chi connectivity index (χ2v) is 6.55. The summed E-state index contributed by atoms with van der Waals surface area (Å²) in [5.41, 5.74) is 5.67. The first-order valence-electron chi connectivity index (χ1n) is 8.89. The molecule has 0 aliphatic rings. The Kier molecular flexibility index (Phi) is 5.69. The molecular formula is C22H22N4O2. The van der Waals surface area contributed by atoms with Gasteiger partial charge in [0.2, 0.25) is 5.91 Å². The number of hydrogen-bond acceptors (Lipinski definition) is 4. The number of amides is 2. The minimum absolute atomic E-state index is 0.169. The van der Waals surface area contributed by atoms with Crippen molar-refractivity contribution in [3.8, 4) is 0 Å². The molecule has 1 aromatic heterocycles. The van der Waals surface area contributed by atoms with Gasteiger partial charge in [-0.2, -0.15) is 0 Å². The standard InChI is InChI=1S/C22H22N4O2/c1-14-6-4-9-21(15(14)2)25-20-10-17(12-23-13-20)22(28)26-19-8-5-7-18(11-19)24-16(3)27/h4-13,25H,1-3H3,(H,24,27)(H,26,28). The third kappa shape index (κ3) is 4.73. The highest BCUT2D eigenvalue weighted by Crippen LogP contribution is 2.23. The number of anilines is 4. The number of nitrogens with one attached hydrogen (secondary N) is 3. The van der Waals surface area contributed by atoms with Crippen molar-refractivity contribution in [1.82, 2.24) is 4.98 Å². The Balaban J connectivity index is 1.75. The van der Waals surface area contributed by atoms with Crippen LogP contribution in [-0.4, -0.2) is 16.8 Å². The maximum absolute atomic E-state index is 12.6. The van der Waals surface area contributed by atoms with Crippen LogP contribution in [0.2, 0.25) is 0 Å². The maximum Gasteiger partial charge on any atom is 0.257 e. The normalized spacial score (nSPS) is 10.2. The minimum atomic E-state index is -0.280. The van der Waals surface area contributed by atoms with Crippen molar-refractivity contribution >= 4 is 34.6 Å². The van der Waals surface area contributed by atoms with Crippen LogP contribution >= 0.6 is 0 Å². The van der Waals surface area contributed by atoms with Crippen molar-refractivity contribution < 1.29 is 9.59 Å². The first kappa shape index (κ1) is 19.1. The summed E-state index contributed by atoms with van der Waals surface area (Å²) >= 11 is 0. The quantitative estimate of drug-likeness (QED) is 0.607.